The number of rotatable bonds is 1. The Bertz CT molecular complexity index is 349. The fraction of sp³-hybridized carbons (Fsp3) is 0.143. The van der Waals surface area contributed by atoms with Crippen molar-refractivity contribution in [1.82, 2.24) is 0 Å². The molecule has 78 valence electrons. The molecule has 0 unspecified atom stereocenters. The van der Waals surface area contributed by atoms with Crippen LogP contribution in [-0.4, -0.2) is 6.36 Å². The second-order valence-electron chi connectivity index (χ2n) is 2.24. The average Bonchev–Trinajstić information content (AvgIpc) is 1.97. The fourth-order valence-electron chi connectivity index (χ4n) is 0.707. The number of ether oxygens (including phenoxy) is 1. The summed E-state index contributed by atoms with van der Waals surface area (Å²) < 4.78 is 63.2. The van der Waals surface area contributed by atoms with Gasteiger partial charge in [-0.05, 0) is 15.9 Å². The highest BCUT2D eigenvalue weighted by molar-refractivity contribution is 9.10. The second-order valence-corrected chi connectivity index (χ2v) is 3.10. The third-order valence-electron chi connectivity index (χ3n) is 1.20. The van der Waals surface area contributed by atoms with Crippen molar-refractivity contribution in [3.63, 3.8) is 0 Å². The Hall–Kier alpha value is -0.850. The van der Waals surface area contributed by atoms with Crippen LogP contribution >= 0.6 is 15.9 Å². The van der Waals surface area contributed by atoms with Gasteiger partial charge < -0.3 is 4.74 Å². The Morgan fingerprint density at radius 1 is 1.07 bits per heavy atom. The van der Waals surface area contributed by atoms with Crippen LogP contribution in [0.4, 0.5) is 22.0 Å². The summed E-state index contributed by atoms with van der Waals surface area (Å²) >= 11 is 2.60. The van der Waals surface area contributed by atoms with Gasteiger partial charge in [0.05, 0.1) is 4.47 Å². The first kappa shape index (κ1) is 11.2. The molecule has 1 rings (SSSR count). The molecule has 0 spiro atoms. The first-order valence-corrected chi connectivity index (χ1v) is 3.99. The van der Waals surface area contributed by atoms with Crippen LogP contribution in [0.1, 0.15) is 0 Å². The maximum absolute atomic E-state index is 12.7. The Morgan fingerprint density at radius 3 is 2.14 bits per heavy atom. The molecule has 0 radical (unpaired) electrons. The van der Waals surface area contributed by atoms with Gasteiger partial charge in [-0.2, -0.15) is 0 Å². The fourth-order valence-corrected chi connectivity index (χ4v) is 1.03. The maximum Gasteiger partial charge on any atom is 0.573 e. The zero-order valence-corrected chi connectivity index (χ0v) is 7.92. The minimum absolute atomic E-state index is 0.297. The molecule has 1 aromatic carbocycles. The summed E-state index contributed by atoms with van der Waals surface area (Å²) in [6, 6.07) is 0.864. The van der Waals surface area contributed by atoms with Gasteiger partial charge in [0.25, 0.3) is 0 Å². The van der Waals surface area contributed by atoms with Crippen molar-refractivity contribution in [3.8, 4) is 5.75 Å². The molecule has 0 aliphatic carbocycles. The van der Waals surface area contributed by atoms with Crippen molar-refractivity contribution in [1.29, 1.82) is 0 Å². The molecule has 0 saturated carbocycles. The van der Waals surface area contributed by atoms with Gasteiger partial charge in [0.15, 0.2) is 11.6 Å². The van der Waals surface area contributed by atoms with E-state index in [4.69, 9.17) is 0 Å². The normalized spacial score (nSPS) is 11.6. The summed E-state index contributed by atoms with van der Waals surface area (Å²) in [5.74, 6) is -3.49. The molecule has 0 atom stereocenters. The van der Waals surface area contributed by atoms with E-state index in [1.54, 1.807) is 0 Å². The van der Waals surface area contributed by atoms with Crippen LogP contribution in [-0.2, 0) is 0 Å². The van der Waals surface area contributed by atoms with Crippen LogP contribution in [0, 0.1) is 11.6 Å². The maximum atomic E-state index is 12.7. The molecular formula is C7H2BrF5O. The topological polar surface area (TPSA) is 9.23 Å². The Kier molecular flexibility index (Phi) is 2.98. The van der Waals surface area contributed by atoms with Crippen LogP contribution in [0.2, 0.25) is 0 Å². The van der Waals surface area contributed by atoms with Crippen LogP contribution in [0.15, 0.2) is 16.6 Å². The van der Waals surface area contributed by atoms with Crippen molar-refractivity contribution in [3.05, 3.63) is 28.2 Å². The number of hydrogen-bond acceptors (Lipinski definition) is 1. The number of hydrogen-bond donors (Lipinski definition) is 0. The predicted molar refractivity (Wildman–Crippen MR) is 40.7 cm³/mol. The van der Waals surface area contributed by atoms with E-state index in [2.05, 4.69) is 20.7 Å². The molecule has 0 heterocycles. The molecule has 0 aliphatic rings. The molecule has 0 N–H and O–H groups in total. The van der Waals surface area contributed by atoms with Gasteiger partial charge in [0, 0.05) is 12.1 Å². The summed E-state index contributed by atoms with van der Waals surface area (Å²) in [6.07, 6.45) is -5.00. The molecule has 0 amide bonds. The molecule has 14 heavy (non-hydrogen) atoms. The Balaban J connectivity index is 3.04. The number of benzene rings is 1. The smallest absolute Gasteiger partial charge is 0.403 e. The van der Waals surface area contributed by atoms with E-state index in [-0.39, 0.29) is 4.47 Å². The summed E-state index contributed by atoms with van der Waals surface area (Å²) in [7, 11) is 0. The zero-order valence-electron chi connectivity index (χ0n) is 6.33. The van der Waals surface area contributed by atoms with Crippen LogP contribution in [0.5, 0.6) is 5.75 Å². The van der Waals surface area contributed by atoms with E-state index < -0.39 is 23.7 Å². The SMILES string of the molecule is Fc1cc(F)c(OC(F)(F)F)cc1Br. The summed E-state index contributed by atoms with van der Waals surface area (Å²) in [5.41, 5.74) is 0. The summed E-state index contributed by atoms with van der Waals surface area (Å²) in [4.78, 5) is 0. The summed E-state index contributed by atoms with van der Waals surface area (Å²) in [5, 5.41) is 0. The highest BCUT2D eigenvalue weighted by Crippen LogP contribution is 2.29. The zero-order chi connectivity index (χ0) is 10.9. The van der Waals surface area contributed by atoms with Crippen molar-refractivity contribution in [2.75, 3.05) is 0 Å². The monoisotopic (exact) mass is 276 g/mol. The third kappa shape index (κ3) is 2.83. The molecule has 0 saturated heterocycles. The van der Waals surface area contributed by atoms with Gasteiger partial charge in [-0.1, -0.05) is 0 Å². The first-order valence-electron chi connectivity index (χ1n) is 3.20. The van der Waals surface area contributed by atoms with Gasteiger partial charge in [-0.3, -0.25) is 0 Å². The number of alkyl halides is 3. The van der Waals surface area contributed by atoms with Gasteiger partial charge >= 0.3 is 6.36 Å². The van der Waals surface area contributed by atoms with E-state index in [1.165, 1.54) is 0 Å². The molecule has 7 heteroatoms. The lowest BCUT2D eigenvalue weighted by Gasteiger charge is -2.09. The molecule has 1 nitrogen and oxygen atoms in total. The van der Waals surface area contributed by atoms with Crippen molar-refractivity contribution in [2.45, 2.75) is 6.36 Å². The lowest BCUT2D eigenvalue weighted by atomic mass is 10.3. The molecule has 0 bridgehead atoms. The lowest BCUT2D eigenvalue weighted by molar-refractivity contribution is -0.275. The van der Waals surface area contributed by atoms with Crippen molar-refractivity contribution >= 4 is 15.9 Å². The molecule has 1 aromatic rings. The van der Waals surface area contributed by atoms with Gasteiger partial charge in [0.1, 0.15) is 5.82 Å². The van der Waals surface area contributed by atoms with Crippen molar-refractivity contribution in [2.24, 2.45) is 0 Å². The van der Waals surface area contributed by atoms with E-state index >= 15 is 0 Å². The molecule has 0 aromatic heterocycles. The highest BCUT2D eigenvalue weighted by Gasteiger charge is 2.32. The quantitative estimate of drug-likeness (QED) is 0.562. The largest absolute Gasteiger partial charge is 0.573 e. The van der Waals surface area contributed by atoms with E-state index in [0.717, 1.165) is 0 Å². The Morgan fingerprint density at radius 2 is 1.64 bits per heavy atom. The third-order valence-corrected chi connectivity index (χ3v) is 1.81. The predicted octanol–water partition coefficient (Wildman–Crippen LogP) is 3.63. The lowest BCUT2D eigenvalue weighted by Crippen LogP contribution is -2.18. The van der Waals surface area contributed by atoms with Crippen LogP contribution in [0.3, 0.4) is 0 Å². The standard InChI is InChI=1S/C7H2BrF5O/c8-3-1-6(14-7(11,12)13)5(10)2-4(3)9/h1-2H. The average molecular weight is 277 g/mol. The van der Waals surface area contributed by atoms with E-state index in [9.17, 15) is 22.0 Å². The first-order chi connectivity index (χ1) is 6.29. The van der Waals surface area contributed by atoms with E-state index in [0.29, 0.717) is 12.1 Å². The van der Waals surface area contributed by atoms with Gasteiger partial charge in [-0.15, -0.1) is 13.2 Å². The highest BCUT2D eigenvalue weighted by atomic mass is 79.9. The molecular weight excluding hydrogens is 275 g/mol. The van der Waals surface area contributed by atoms with Gasteiger partial charge in [-0.25, -0.2) is 8.78 Å². The molecule has 0 aliphatic heterocycles. The summed E-state index contributed by atoms with van der Waals surface area (Å²) in [6.45, 7) is 0. The minimum Gasteiger partial charge on any atom is -0.403 e. The van der Waals surface area contributed by atoms with Crippen LogP contribution in [0.25, 0.3) is 0 Å². The minimum atomic E-state index is -5.00. The molecule has 0 fully saturated rings. The number of halogens is 6. The second kappa shape index (κ2) is 3.72. The van der Waals surface area contributed by atoms with Crippen molar-refractivity contribution < 1.29 is 26.7 Å². The van der Waals surface area contributed by atoms with Gasteiger partial charge in [0.2, 0.25) is 0 Å². The Labute approximate surface area is 83.6 Å². The van der Waals surface area contributed by atoms with E-state index in [1.807, 2.05) is 0 Å². The van der Waals surface area contributed by atoms with Crippen LogP contribution < -0.4 is 4.74 Å².